The molecule has 148 valence electrons. The third-order valence-electron chi connectivity index (χ3n) is 3.83. The Kier molecular flexibility index (Phi) is 9.42. The molecule has 1 aromatic heterocycles. The molecule has 1 atom stereocenters. The van der Waals surface area contributed by atoms with E-state index < -0.39 is 0 Å². The molecule has 1 unspecified atom stereocenters. The van der Waals surface area contributed by atoms with Crippen LogP contribution in [0, 0.1) is 0 Å². The number of nitrogens with two attached hydrogens (primary N) is 1. The minimum Gasteiger partial charge on any atom is -0.493 e. The maximum Gasteiger partial charge on any atom is 0.219 e. The van der Waals surface area contributed by atoms with Gasteiger partial charge in [-0.2, -0.15) is 0 Å². The van der Waals surface area contributed by atoms with Gasteiger partial charge in [0.1, 0.15) is 0 Å². The van der Waals surface area contributed by atoms with Crippen LogP contribution < -0.4 is 25.3 Å². The number of pyridine rings is 1. The second-order valence-corrected chi connectivity index (χ2v) is 5.75. The van der Waals surface area contributed by atoms with Gasteiger partial charge in [-0.05, 0) is 31.0 Å². The number of aromatic nitrogens is 1. The molecule has 0 radical (unpaired) electrons. The van der Waals surface area contributed by atoms with Crippen LogP contribution in [0.15, 0.2) is 41.5 Å². The lowest BCUT2D eigenvalue weighted by atomic mass is 10.2. The van der Waals surface area contributed by atoms with Crippen molar-refractivity contribution in [2.75, 3.05) is 14.2 Å². The third kappa shape index (κ3) is 6.63. The Labute approximate surface area is 170 Å². The fraction of sp³-hybridized carbons (Fsp3) is 0.368. The van der Waals surface area contributed by atoms with Crippen LogP contribution in [0.3, 0.4) is 0 Å². The largest absolute Gasteiger partial charge is 0.493 e. The Balaban J connectivity index is 0.00000364. The molecular formula is C19H27BrN4O3. The van der Waals surface area contributed by atoms with Gasteiger partial charge in [0.15, 0.2) is 17.5 Å². The van der Waals surface area contributed by atoms with E-state index in [1.54, 1.807) is 38.6 Å². The van der Waals surface area contributed by atoms with E-state index in [1.807, 2.05) is 12.1 Å². The van der Waals surface area contributed by atoms with Gasteiger partial charge in [-0.15, -0.1) is 17.0 Å². The van der Waals surface area contributed by atoms with Crippen molar-refractivity contribution in [1.82, 2.24) is 10.3 Å². The number of benzene rings is 1. The van der Waals surface area contributed by atoms with E-state index in [0.717, 1.165) is 12.0 Å². The molecule has 7 nitrogen and oxygen atoms in total. The molecule has 0 aliphatic rings. The lowest BCUT2D eigenvalue weighted by Gasteiger charge is -2.13. The number of methoxy groups -OCH3 is 2. The summed E-state index contributed by atoms with van der Waals surface area (Å²) < 4.78 is 16.5. The Morgan fingerprint density at radius 3 is 2.37 bits per heavy atom. The maximum atomic E-state index is 5.86. The molecule has 0 amide bonds. The number of ether oxygens (including phenoxy) is 3. The number of aliphatic imine (C=N–C) groups is 1. The molecule has 27 heavy (non-hydrogen) atoms. The van der Waals surface area contributed by atoms with E-state index in [0.29, 0.717) is 41.7 Å². The molecule has 1 aromatic carbocycles. The molecule has 8 heteroatoms. The quantitative estimate of drug-likeness (QED) is 0.482. The zero-order valence-electron chi connectivity index (χ0n) is 16.1. The van der Waals surface area contributed by atoms with Gasteiger partial charge in [-0.1, -0.05) is 19.1 Å². The topological polar surface area (TPSA) is 91.0 Å². The summed E-state index contributed by atoms with van der Waals surface area (Å²) in [4.78, 5) is 8.63. The molecule has 0 bridgehead atoms. The zero-order chi connectivity index (χ0) is 18.9. The first kappa shape index (κ1) is 22.6. The number of nitrogens with one attached hydrogen (secondary N) is 1. The summed E-state index contributed by atoms with van der Waals surface area (Å²) in [6.45, 7) is 4.59. The second kappa shape index (κ2) is 11.3. The molecule has 2 aromatic rings. The van der Waals surface area contributed by atoms with Crippen LogP contribution in [-0.2, 0) is 6.54 Å². The molecule has 0 fully saturated rings. The van der Waals surface area contributed by atoms with Crippen molar-refractivity contribution in [1.29, 1.82) is 0 Å². The predicted octanol–water partition coefficient (Wildman–Crippen LogP) is 3.67. The average Bonchev–Trinajstić information content (AvgIpc) is 2.67. The highest BCUT2D eigenvalue weighted by Crippen LogP contribution is 2.39. The number of rotatable bonds is 8. The van der Waals surface area contributed by atoms with Crippen molar-refractivity contribution < 1.29 is 14.2 Å². The fourth-order valence-corrected chi connectivity index (χ4v) is 2.16. The van der Waals surface area contributed by atoms with Crippen molar-refractivity contribution in [3.8, 4) is 23.1 Å². The van der Waals surface area contributed by atoms with E-state index in [-0.39, 0.29) is 17.0 Å². The van der Waals surface area contributed by atoms with Gasteiger partial charge in [-0.3, -0.25) is 0 Å². The van der Waals surface area contributed by atoms with Gasteiger partial charge in [-0.25, -0.2) is 9.98 Å². The predicted molar refractivity (Wildman–Crippen MR) is 112 cm³/mol. The molecule has 0 saturated heterocycles. The summed E-state index contributed by atoms with van der Waals surface area (Å²) in [5, 5.41) is 3.12. The number of para-hydroxylation sites is 1. The summed E-state index contributed by atoms with van der Waals surface area (Å²) in [7, 11) is 3.15. The van der Waals surface area contributed by atoms with E-state index in [4.69, 9.17) is 19.9 Å². The SMILES string of the molecule is Br.CCC(C)NC(N)=NCc1ccc(Oc2c(OC)cccc2OC)nc1. The zero-order valence-corrected chi connectivity index (χ0v) is 17.8. The fourth-order valence-electron chi connectivity index (χ4n) is 2.16. The van der Waals surface area contributed by atoms with Crippen LogP contribution >= 0.6 is 17.0 Å². The molecule has 0 aliphatic heterocycles. The molecule has 0 saturated carbocycles. The highest BCUT2D eigenvalue weighted by molar-refractivity contribution is 8.93. The van der Waals surface area contributed by atoms with Crippen molar-refractivity contribution >= 4 is 22.9 Å². The molecule has 0 spiro atoms. The first-order valence-corrected chi connectivity index (χ1v) is 8.47. The normalized spacial score (nSPS) is 11.9. The first-order valence-electron chi connectivity index (χ1n) is 8.47. The second-order valence-electron chi connectivity index (χ2n) is 5.75. The van der Waals surface area contributed by atoms with Gasteiger partial charge in [0.2, 0.25) is 11.6 Å². The lowest BCUT2D eigenvalue weighted by Crippen LogP contribution is -2.38. The van der Waals surface area contributed by atoms with Gasteiger partial charge in [0, 0.05) is 18.3 Å². The minimum atomic E-state index is 0. The van der Waals surface area contributed by atoms with Gasteiger partial charge >= 0.3 is 0 Å². The summed E-state index contributed by atoms with van der Waals surface area (Å²) in [6.07, 6.45) is 2.69. The average molecular weight is 439 g/mol. The molecule has 3 N–H and O–H groups in total. The summed E-state index contributed by atoms with van der Waals surface area (Å²) in [5.74, 6) is 2.50. The lowest BCUT2D eigenvalue weighted by molar-refractivity contribution is 0.342. The Morgan fingerprint density at radius 2 is 1.85 bits per heavy atom. The van der Waals surface area contributed by atoms with E-state index in [1.165, 1.54) is 0 Å². The van der Waals surface area contributed by atoms with E-state index >= 15 is 0 Å². The first-order chi connectivity index (χ1) is 12.6. The number of nitrogens with zero attached hydrogens (tertiary/aromatic N) is 2. The molecular weight excluding hydrogens is 412 g/mol. The van der Waals surface area contributed by atoms with Crippen LogP contribution in [0.2, 0.25) is 0 Å². The van der Waals surface area contributed by atoms with Crippen LogP contribution in [0.4, 0.5) is 0 Å². The number of hydrogen-bond acceptors (Lipinski definition) is 5. The van der Waals surface area contributed by atoms with E-state index in [2.05, 4.69) is 29.1 Å². The van der Waals surface area contributed by atoms with Crippen molar-refractivity contribution in [3.05, 3.63) is 42.1 Å². The van der Waals surface area contributed by atoms with Gasteiger partial charge < -0.3 is 25.3 Å². The smallest absolute Gasteiger partial charge is 0.219 e. The summed E-state index contributed by atoms with van der Waals surface area (Å²) >= 11 is 0. The van der Waals surface area contributed by atoms with Crippen LogP contribution in [0.25, 0.3) is 0 Å². The molecule has 2 rings (SSSR count). The van der Waals surface area contributed by atoms with Gasteiger partial charge in [0.05, 0.1) is 20.8 Å². The highest BCUT2D eigenvalue weighted by Gasteiger charge is 2.13. The summed E-state index contributed by atoms with van der Waals surface area (Å²) in [5.41, 5.74) is 6.79. The number of halogens is 1. The Hall–Kier alpha value is -2.48. The van der Waals surface area contributed by atoms with Crippen LogP contribution in [0.5, 0.6) is 23.1 Å². The number of guanidine groups is 1. The summed E-state index contributed by atoms with van der Waals surface area (Å²) in [6, 6.07) is 9.39. The monoisotopic (exact) mass is 438 g/mol. The third-order valence-corrected chi connectivity index (χ3v) is 3.83. The van der Waals surface area contributed by atoms with Crippen molar-refractivity contribution in [2.45, 2.75) is 32.9 Å². The number of hydrogen-bond donors (Lipinski definition) is 2. The van der Waals surface area contributed by atoms with Crippen LogP contribution in [0.1, 0.15) is 25.8 Å². The van der Waals surface area contributed by atoms with Crippen LogP contribution in [-0.4, -0.2) is 31.2 Å². The van der Waals surface area contributed by atoms with E-state index in [9.17, 15) is 0 Å². The van der Waals surface area contributed by atoms with Crippen molar-refractivity contribution in [3.63, 3.8) is 0 Å². The molecule has 0 aliphatic carbocycles. The highest BCUT2D eigenvalue weighted by atomic mass is 79.9. The Morgan fingerprint density at radius 1 is 1.19 bits per heavy atom. The minimum absolute atomic E-state index is 0. The Bertz CT molecular complexity index is 716. The standard InChI is InChI=1S/C19H26N4O3.BrH/c1-5-13(2)23-19(20)22-12-14-9-10-17(21-11-14)26-18-15(24-3)7-6-8-16(18)25-4;/h6-11,13H,5,12H2,1-4H3,(H3,20,22,23);1H. The maximum absolute atomic E-state index is 5.86. The molecule has 1 heterocycles. The van der Waals surface area contributed by atoms with Gasteiger partial charge in [0.25, 0.3) is 0 Å². The van der Waals surface area contributed by atoms with Crippen molar-refractivity contribution in [2.24, 2.45) is 10.7 Å².